The molecule has 0 fully saturated rings. The Morgan fingerprint density at radius 3 is 2.82 bits per heavy atom. The molecule has 0 aliphatic heterocycles. The molecule has 3 aromatic rings. The fourth-order valence-corrected chi connectivity index (χ4v) is 2.51. The molecule has 1 aromatic carbocycles. The van der Waals surface area contributed by atoms with Crippen LogP contribution in [-0.2, 0) is 13.1 Å². The van der Waals surface area contributed by atoms with Gasteiger partial charge in [-0.3, -0.25) is 9.69 Å². The van der Waals surface area contributed by atoms with Crippen LogP contribution in [0.25, 0.3) is 10.9 Å². The highest BCUT2D eigenvalue weighted by Gasteiger charge is 2.07. The lowest BCUT2D eigenvalue weighted by atomic mass is 10.1. The minimum absolute atomic E-state index is 0.0346. The predicted molar refractivity (Wildman–Crippen MR) is 86.5 cm³/mol. The van der Waals surface area contributed by atoms with Crippen molar-refractivity contribution >= 4 is 10.9 Å². The second-order valence-electron chi connectivity index (χ2n) is 5.59. The van der Waals surface area contributed by atoms with E-state index in [1.165, 1.54) is 6.33 Å². The summed E-state index contributed by atoms with van der Waals surface area (Å²) in [5, 5.41) is 1.05. The molecule has 5 nitrogen and oxygen atoms in total. The molecule has 112 valence electrons. The molecule has 0 saturated carbocycles. The Kier molecular flexibility index (Phi) is 3.98. The van der Waals surface area contributed by atoms with Crippen LogP contribution in [0.5, 0.6) is 0 Å². The lowest BCUT2D eigenvalue weighted by molar-refractivity contribution is 0.313. The van der Waals surface area contributed by atoms with Gasteiger partial charge in [-0.25, -0.2) is 9.97 Å². The Labute approximate surface area is 128 Å². The summed E-state index contributed by atoms with van der Waals surface area (Å²) in [5.41, 5.74) is 3.68. The van der Waals surface area contributed by atoms with Crippen LogP contribution in [-0.4, -0.2) is 26.9 Å². The Morgan fingerprint density at radius 2 is 2.05 bits per heavy atom. The minimum atomic E-state index is -0.0346. The normalized spacial score (nSPS) is 11.2. The molecule has 2 heterocycles. The lowest BCUT2D eigenvalue weighted by Gasteiger charge is -2.16. The largest absolute Gasteiger partial charge is 0.322 e. The summed E-state index contributed by atoms with van der Waals surface area (Å²) in [5.74, 6) is 0. The van der Waals surface area contributed by atoms with Gasteiger partial charge >= 0.3 is 0 Å². The summed E-state index contributed by atoms with van der Waals surface area (Å²) in [7, 11) is 1.97. The molecule has 0 unspecified atom stereocenters. The Balaban J connectivity index is 1.82. The van der Waals surface area contributed by atoms with Crippen molar-refractivity contribution in [3.63, 3.8) is 0 Å². The monoisotopic (exact) mass is 294 g/mol. The maximum Gasteiger partial charge on any atom is 0.252 e. The fourth-order valence-electron chi connectivity index (χ4n) is 2.51. The van der Waals surface area contributed by atoms with Gasteiger partial charge in [0.2, 0.25) is 0 Å². The molecule has 0 aliphatic rings. The molecule has 0 saturated heterocycles. The van der Waals surface area contributed by atoms with Gasteiger partial charge in [-0.1, -0.05) is 12.1 Å². The number of H-pyrrole nitrogens is 1. The smallest absolute Gasteiger partial charge is 0.252 e. The van der Waals surface area contributed by atoms with Crippen LogP contribution < -0.4 is 5.56 Å². The molecule has 5 heteroatoms. The van der Waals surface area contributed by atoms with Crippen molar-refractivity contribution in [1.29, 1.82) is 0 Å². The minimum Gasteiger partial charge on any atom is -0.322 e. The van der Waals surface area contributed by atoms with Gasteiger partial charge in [-0.05, 0) is 43.1 Å². The number of nitrogens with zero attached hydrogens (tertiary/aromatic N) is 3. The van der Waals surface area contributed by atoms with Crippen LogP contribution in [0.1, 0.15) is 16.8 Å². The van der Waals surface area contributed by atoms with E-state index in [9.17, 15) is 4.79 Å². The topological polar surface area (TPSA) is 61.9 Å². The summed E-state index contributed by atoms with van der Waals surface area (Å²) in [6.45, 7) is 3.26. The van der Waals surface area contributed by atoms with Gasteiger partial charge in [-0.2, -0.15) is 0 Å². The maximum atomic E-state index is 12.2. The molecule has 0 radical (unpaired) electrons. The second-order valence-corrected chi connectivity index (χ2v) is 5.59. The van der Waals surface area contributed by atoms with Crippen molar-refractivity contribution in [2.45, 2.75) is 20.0 Å². The molecule has 0 amide bonds. The molecule has 3 rings (SSSR count). The van der Waals surface area contributed by atoms with Crippen molar-refractivity contribution in [1.82, 2.24) is 19.9 Å². The van der Waals surface area contributed by atoms with E-state index < -0.39 is 0 Å². The molecule has 0 bridgehead atoms. The van der Waals surface area contributed by atoms with Crippen LogP contribution in [0.4, 0.5) is 0 Å². The van der Waals surface area contributed by atoms with Crippen LogP contribution in [0.3, 0.4) is 0 Å². The van der Waals surface area contributed by atoms with Crippen molar-refractivity contribution in [2.75, 3.05) is 7.05 Å². The number of aromatic nitrogens is 3. The van der Waals surface area contributed by atoms with Gasteiger partial charge < -0.3 is 4.98 Å². The van der Waals surface area contributed by atoms with Crippen LogP contribution in [0.2, 0.25) is 0 Å². The van der Waals surface area contributed by atoms with Crippen LogP contribution >= 0.6 is 0 Å². The SMILES string of the molecule is Cc1ccc2cc(CN(C)Cc3ccncn3)c(=O)[nH]c2c1. The third-order valence-corrected chi connectivity index (χ3v) is 3.59. The number of aromatic amines is 1. The zero-order valence-electron chi connectivity index (χ0n) is 12.7. The number of fused-ring (bicyclic) bond motifs is 1. The van der Waals surface area contributed by atoms with Crippen molar-refractivity contribution in [3.8, 4) is 0 Å². The van der Waals surface area contributed by atoms with Crippen molar-refractivity contribution in [2.24, 2.45) is 0 Å². The Bertz CT molecular complexity index is 842. The molecule has 2 aromatic heterocycles. The van der Waals surface area contributed by atoms with Crippen molar-refractivity contribution in [3.05, 3.63) is 70.0 Å². The number of hydrogen-bond donors (Lipinski definition) is 1. The number of pyridine rings is 1. The van der Waals surface area contributed by atoms with E-state index in [4.69, 9.17) is 0 Å². The van der Waals surface area contributed by atoms with Gasteiger partial charge in [-0.15, -0.1) is 0 Å². The number of nitrogens with one attached hydrogen (secondary N) is 1. The maximum absolute atomic E-state index is 12.2. The second kappa shape index (κ2) is 6.07. The van der Waals surface area contributed by atoms with Gasteiger partial charge in [0.25, 0.3) is 5.56 Å². The Morgan fingerprint density at radius 1 is 1.18 bits per heavy atom. The first-order chi connectivity index (χ1) is 10.6. The third-order valence-electron chi connectivity index (χ3n) is 3.59. The summed E-state index contributed by atoms with van der Waals surface area (Å²) in [6.07, 6.45) is 3.26. The highest BCUT2D eigenvalue weighted by atomic mass is 16.1. The number of rotatable bonds is 4. The average Bonchev–Trinajstić information content (AvgIpc) is 2.49. The quantitative estimate of drug-likeness (QED) is 0.801. The van der Waals surface area contributed by atoms with Crippen LogP contribution in [0, 0.1) is 6.92 Å². The summed E-state index contributed by atoms with van der Waals surface area (Å²) in [6, 6.07) is 9.92. The van der Waals surface area contributed by atoms with E-state index in [2.05, 4.69) is 25.9 Å². The zero-order chi connectivity index (χ0) is 15.5. The van der Waals surface area contributed by atoms with E-state index >= 15 is 0 Å². The first-order valence-corrected chi connectivity index (χ1v) is 7.18. The van der Waals surface area contributed by atoms with Gasteiger partial charge in [0, 0.05) is 30.4 Å². The number of hydrogen-bond acceptors (Lipinski definition) is 4. The molecule has 0 spiro atoms. The summed E-state index contributed by atoms with van der Waals surface area (Å²) < 4.78 is 0. The van der Waals surface area contributed by atoms with Crippen molar-refractivity contribution < 1.29 is 0 Å². The lowest BCUT2D eigenvalue weighted by Crippen LogP contribution is -2.23. The molecule has 22 heavy (non-hydrogen) atoms. The Hall–Kier alpha value is -2.53. The average molecular weight is 294 g/mol. The van der Waals surface area contributed by atoms with E-state index in [1.807, 2.05) is 38.2 Å². The molecule has 1 N–H and O–H groups in total. The highest BCUT2D eigenvalue weighted by molar-refractivity contribution is 5.79. The summed E-state index contributed by atoms with van der Waals surface area (Å²) in [4.78, 5) is 25.4. The fraction of sp³-hybridized carbons (Fsp3) is 0.235. The van der Waals surface area contributed by atoms with Gasteiger partial charge in [0.05, 0.1) is 5.69 Å². The predicted octanol–water partition coefficient (Wildman–Crippen LogP) is 2.26. The molecular weight excluding hydrogens is 276 g/mol. The van der Waals surface area contributed by atoms with E-state index in [1.54, 1.807) is 6.20 Å². The van der Waals surface area contributed by atoms with Gasteiger partial charge in [0.15, 0.2) is 0 Å². The first kappa shape index (κ1) is 14.4. The van der Waals surface area contributed by atoms with E-state index in [-0.39, 0.29) is 5.56 Å². The first-order valence-electron chi connectivity index (χ1n) is 7.18. The van der Waals surface area contributed by atoms with Crippen LogP contribution in [0.15, 0.2) is 47.7 Å². The molecule has 0 aliphatic carbocycles. The van der Waals surface area contributed by atoms with Gasteiger partial charge in [0.1, 0.15) is 6.33 Å². The summed E-state index contributed by atoms with van der Waals surface area (Å²) >= 11 is 0. The van der Waals surface area contributed by atoms with E-state index in [0.717, 1.165) is 27.7 Å². The molecule has 0 atom stereocenters. The van der Waals surface area contributed by atoms with E-state index in [0.29, 0.717) is 13.1 Å². The third kappa shape index (κ3) is 3.20. The standard InChI is InChI=1S/C17H18N4O/c1-12-3-4-13-8-14(17(22)20-16(13)7-12)9-21(2)10-15-5-6-18-11-19-15/h3-8,11H,9-10H2,1-2H3,(H,20,22). The highest BCUT2D eigenvalue weighted by Crippen LogP contribution is 2.14. The zero-order valence-corrected chi connectivity index (χ0v) is 12.7. The number of benzene rings is 1. The molecular formula is C17H18N4O. The number of aryl methyl sites for hydroxylation is 1.